The summed E-state index contributed by atoms with van der Waals surface area (Å²) in [6.45, 7) is -0.222. The van der Waals surface area contributed by atoms with Crippen LogP contribution < -0.4 is 50.5 Å². The number of ether oxygens (including phenoxy) is 6. The van der Waals surface area contributed by atoms with Crippen molar-refractivity contribution in [2.45, 2.75) is 129 Å². The number of fused-ring (bicyclic) bond motifs is 2. The summed E-state index contributed by atoms with van der Waals surface area (Å²) in [6, 6.07) is 8.47. The fourth-order valence-electron chi connectivity index (χ4n) is 9.97. The van der Waals surface area contributed by atoms with E-state index in [0.717, 1.165) is 0 Å². The zero-order chi connectivity index (χ0) is 57.0. The van der Waals surface area contributed by atoms with E-state index in [-0.39, 0.29) is 95.0 Å². The van der Waals surface area contributed by atoms with Gasteiger partial charge in [0, 0.05) is 89.7 Å². The van der Waals surface area contributed by atoms with E-state index in [0.29, 0.717) is 22.3 Å². The maximum absolute atomic E-state index is 13.0. The van der Waals surface area contributed by atoms with E-state index in [9.17, 15) is 60.0 Å². The highest BCUT2D eigenvalue weighted by atomic mass is 32.2. The predicted octanol–water partition coefficient (Wildman–Crippen LogP) is -3.99. The van der Waals surface area contributed by atoms with Gasteiger partial charge in [0.25, 0.3) is 0 Å². The van der Waals surface area contributed by atoms with Gasteiger partial charge in [0.2, 0.25) is 11.8 Å². The number of aromatic carboxylic acids is 1. The van der Waals surface area contributed by atoms with Crippen LogP contribution in [0.15, 0.2) is 63.8 Å². The van der Waals surface area contributed by atoms with E-state index in [2.05, 4.69) is 10.6 Å². The Morgan fingerprint density at radius 2 is 1.29 bits per heavy atom. The molecule has 3 saturated heterocycles. The highest BCUT2D eigenvalue weighted by Crippen LogP contribution is 2.43. The number of nitrogens with one attached hydrogen (secondary N) is 2. The monoisotopic (exact) mass is 1150 g/mol. The molecule has 0 radical (unpaired) electrons. The highest BCUT2D eigenvalue weighted by Gasteiger charge is 2.54. The summed E-state index contributed by atoms with van der Waals surface area (Å²) in [6.07, 6.45) is -20.3. The normalized spacial score (nSPS) is 33.9. The smallest absolute Gasteiger partial charge is 0.336 e. The van der Waals surface area contributed by atoms with Gasteiger partial charge in [-0.2, -0.15) is 23.5 Å². The molecule has 4 heterocycles. The molecule has 0 aromatic heterocycles. The van der Waals surface area contributed by atoms with E-state index in [1.165, 1.54) is 66.0 Å². The molecule has 2 amide bonds. The van der Waals surface area contributed by atoms with Gasteiger partial charge in [-0.05, 0) is 48.4 Å². The first-order chi connectivity index (χ1) is 37.7. The molecular weight excluding hydrogens is 1080 g/mol. The average molecular weight is 1150 g/mol. The number of thioether (sulfide) groups is 2. The number of hydrogen-bond donors (Lipinski definition) is 16. The maximum Gasteiger partial charge on any atom is 0.336 e. The summed E-state index contributed by atoms with van der Waals surface area (Å²) in [4.78, 5) is 50.7. The van der Waals surface area contributed by atoms with E-state index in [4.69, 9.17) is 67.2 Å². The largest absolute Gasteiger partial charge is 0.508 e. The highest BCUT2D eigenvalue weighted by molar-refractivity contribution is 8.00. The van der Waals surface area contributed by atoms with Crippen LogP contribution >= 0.6 is 23.5 Å². The number of hydrogen-bond acceptors (Lipinski definition) is 26. The molecule has 6 aliphatic rings. The zero-order valence-corrected chi connectivity index (χ0v) is 44.0. The number of amides is 2. The van der Waals surface area contributed by atoms with Gasteiger partial charge in [0.05, 0.1) is 35.6 Å². The van der Waals surface area contributed by atoms with Crippen LogP contribution in [0.3, 0.4) is 0 Å². The van der Waals surface area contributed by atoms with Gasteiger partial charge in [-0.3, -0.25) is 14.4 Å². The molecule has 0 bridgehead atoms. The van der Waals surface area contributed by atoms with Crippen molar-refractivity contribution in [1.82, 2.24) is 5.32 Å². The van der Waals surface area contributed by atoms with Crippen LogP contribution in [0.25, 0.3) is 33.4 Å². The van der Waals surface area contributed by atoms with Gasteiger partial charge in [0.1, 0.15) is 78.1 Å². The second-order valence-corrected chi connectivity index (χ2v) is 22.0. The number of aliphatic hydroxyl groups excluding tert-OH is 6. The number of nitrogens with two attached hydrogens (primary N) is 6. The molecule has 2 aromatic carbocycles. The van der Waals surface area contributed by atoms with Crippen LogP contribution in [0.2, 0.25) is 0 Å². The summed E-state index contributed by atoms with van der Waals surface area (Å²) in [5.74, 6) is -1.31. The Kier molecular flexibility index (Phi) is 20.3. The first kappa shape index (κ1) is 60.4. The molecule has 8 rings (SSSR count). The number of aliphatic hydroxyl groups is 6. The van der Waals surface area contributed by atoms with Crippen LogP contribution in [0, 0.1) is 0 Å². The van der Waals surface area contributed by atoms with Gasteiger partial charge < -0.3 is 119 Å². The maximum atomic E-state index is 13.0. The molecule has 2 aliphatic carbocycles. The zero-order valence-electron chi connectivity index (χ0n) is 42.4. The van der Waals surface area contributed by atoms with Gasteiger partial charge >= 0.3 is 5.97 Å². The number of anilines is 1. The number of phenolic OH excluding ortho intramolecular Hbond substituents is 1. The Labute approximate surface area is 459 Å². The van der Waals surface area contributed by atoms with E-state index in [1.807, 2.05) is 0 Å². The molecule has 4 fully saturated rings. The van der Waals surface area contributed by atoms with E-state index >= 15 is 0 Å². The standard InChI is InChI=1S/C50H68N8O19S2/c51-15-30-39(64)41(66)36(55)48(72-30)75-44-27(54)14-26(53)38(63)46(44)77-50-43(68)45(76-49-37(56)42(67)40(65)31(16-52)73-49)32(74-50)17-79-10-8-57-33(61)7-9-78-18-34(62)58-19-1-4-22(25(11-19)47(69)70)35-23-5-2-20(59)12-28(23)71-29-13-21(60)3-6-24(29)35/h1-6,11-13,26-27,30-32,36-46,48-50,59,63-68H,7-10,14-18,51-56H2,(H,57,61)(H,58,62)(H,69,70)/t26-,27?,30?,31+,32-,36?,37?,38?,39-,40-,41-,42?,43?,44-,45+,46-,48+,49-,50+/m1/s1. The third-order valence-electron chi connectivity index (χ3n) is 14.2. The van der Waals surface area contributed by atoms with Crippen molar-refractivity contribution < 1.29 is 88.1 Å². The van der Waals surface area contributed by atoms with Crippen LogP contribution in [0.4, 0.5) is 5.69 Å². The SMILES string of the molecule is NCC1O[C@@H](O[C@@H]2C(N)C[C@@H](N)C(O)[C@H]2O[C@@H]2O[C@H](CSCCNC(=O)CCSCC(=O)Nc3ccc(-c4c5ccc(=O)cc-5oc5cc(O)ccc45)c(C(=O)O)c3)[C@H](O[C@H]3O[C@@H](CN)[C@@H](O)C(O)C3N)C2O)C(N)[C@@H](O)[C@@H]1O. The molecule has 29 heteroatoms. The summed E-state index contributed by atoms with van der Waals surface area (Å²) < 4.78 is 42.3. The molecule has 1 saturated carbocycles. The minimum Gasteiger partial charge on any atom is -0.508 e. The molecule has 0 spiro atoms. The number of rotatable bonds is 21. The molecule has 2 aromatic rings. The lowest BCUT2D eigenvalue weighted by Gasteiger charge is -2.47. The molecule has 27 nitrogen and oxygen atoms in total. The van der Waals surface area contributed by atoms with Gasteiger partial charge in [-0.1, -0.05) is 6.07 Å². The first-order valence-electron chi connectivity index (χ1n) is 25.4. The van der Waals surface area contributed by atoms with E-state index < -0.39 is 128 Å². The molecule has 4 aliphatic heterocycles. The fourth-order valence-corrected chi connectivity index (χ4v) is 11.6. The molecule has 7 unspecified atom stereocenters. The first-order valence-corrected chi connectivity index (χ1v) is 27.7. The summed E-state index contributed by atoms with van der Waals surface area (Å²) in [5.41, 5.74) is 37.8. The quantitative estimate of drug-likeness (QED) is 0.0279. The van der Waals surface area contributed by atoms with Crippen molar-refractivity contribution >= 4 is 58.0 Å². The van der Waals surface area contributed by atoms with Crippen molar-refractivity contribution in [3.05, 3.63) is 70.4 Å². The molecule has 79 heavy (non-hydrogen) atoms. The summed E-state index contributed by atoms with van der Waals surface area (Å²) in [5, 5.41) is 91.8. The average Bonchev–Trinajstić information content (AvgIpc) is 3.87. The van der Waals surface area contributed by atoms with Crippen LogP contribution in [-0.4, -0.2) is 218 Å². The number of benzene rings is 3. The van der Waals surface area contributed by atoms with Crippen LogP contribution in [0.5, 0.6) is 5.75 Å². The minimum absolute atomic E-state index is 0.0420. The lowest BCUT2D eigenvalue weighted by Crippen LogP contribution is -2.68. The number of carboxylic acids is 1. The fraction of sp³-hybridized carbons (Fsp3) is 0.560. The number of carbonyl (C=O) groups is 3. The number of carbonyl (C=O) groups excluding carboxylic acids is 2. The van der Waals surface area contributed by atoms with Gasteiger partial charge in [0.15, 0.2) is 24.3 Å². The Hall–Kier alpha value is -4.68. The Morgan fingerprint density at radius 3 is 1.95 bits per heavy atom. The van der Waals surface area contributed by atoms with E-state index in [1.54, 1.807) is 12.1 Å². The Balaban J connectivity index is 0.843. The lowest BCUT2D eigenvalue weighted by molar-refractivity contribution is -0.306. The van der Waals surface area contributed by atoms with Crippen molar-refractivity contribution in [3.8, 4) is 28.2 Å². The Morgan fingerprint density at radius 1 is 0.658 bits per heavy atom. The van der Waals surface area contributed by atoms with Gasteiger partial charge in [-0.25, -0.2) is 4.79 Å². The number of aromatic hydroxyl groups is 1. The predicted molar refractivity (Wildman–Crippen MR) is 285 cm³/mol. The third-order valence-corrected chi connectivity index (χ3v) is 16.2. The van der Waals surface area contributed by atoms with Gasteiger partial charge in [-0.15, -0.1) is 0 Å². The lowest BCUT2D eigenvalue weighted by atomic mass is 9.84. The van der Waals surface area contributed by atoms with Crippen molar-refractivity contribution in [3.63, 3.8) is 0 Å². The topological polar surface area (TPSA) is 479 Å². The number of phenols is 1. The molecular formula is C50H68N8O19S2. The molecule has 19 atom stereocenters. The minimum atomic E-state index is -1.63. The molecule has 434 valence electrons. The third kappa shape index (κ3) is 13.6. The second kappa shape index (κ2) is 26.5. The number of carboxylic acid groups (broad SMARTS) is 1. The van der Waals surface area contributed by atoms with Crippen molar-refractivity contribution in [1.29, 1.82) is 0 Å². The van der Waals surface area contributed by atoms with Crippen LogP contribution in [-0.2, 0) is 38.0 Å². The Bertz CT molecular complexity index is 2790. The van der Waals surface area contributed by atoms with Crippen molar-refractivity contribution in [2.24, 2.45) is 34.4 Å². The second-order valence-electron chi connectivity index (χ2n) is 19.7. The summed E-state index contributed by atoms with van der Waals surface area (Å²) >= 11 is 2.47. The summed E-state index contributed by atoms with van der Waals surface area (Å²) in [7, 11) is 0. The van der Waals surface area contributed by atoms with Crippen LogP contribution in [0.1, 0.15) is 23.2 Å². The van der Waals surface area contributed by atoms with Crippen molar-refractivity contribution in [2.75, 3.05) is 48.0 Å². The molecule has 22 N–H and O–H groups in total.